The molecule has 1 atom stereocenters. The lowest BCUT2D eigenvalue weighted by molar-refractivity contribution is 0.628. The molecule has 3 heterocycles. The lowest BCUT2D eigenvalue weighted by Gasteiger charge is -2.22. The summed E-state index contributed by atoms with van der Waals surface area (Å²) < 4.78 is 15.6. The number of para-hydroxylation sites is 1. The van der Waals surface area contributed by atoms with E-state index in [4.69, 9.17) is 16.6 Å². The van der Waals surface area contributed by atoms with Gasteiger partial charge in [-0.25, -0.2) is 24.3 Å². The lowest BCUT2D eigenvalue weighted by atomic mass is 10.1. The van der Waals surface area contributed by atoms with Crippen LogP contribution in [0.4, 0.5) is 10.2 Å². The van der Waals surface area contributed by atoms with Crippen LogP contribution in [0.2, 0.25) is 5.02 Å². The number of anilines is 1. The molecule has 0 unspecified atom stereocenters. The Morgan fingerprint density at radius 1 is 1.16 bits per heavy atom. The summed E-state index contributed by atoms with van der Waals surface area (Å²) in [5, 5.41) is 3.13. The molecule has 160 valence electrons. The van der Waals surface area contributed by atoms with Crippen molar-refractivity contribution >= 4 is 39.5 Å². The fraction of sp³-hybridized carbons (Fsp3) is 0.136. The van der Waals surface area contributed by atoms with Gasteiger partial charge in [0.1, 0.15) is 23.5 Å². The number of benzene rings is 2. The molecular weight excluding hydrogens is 433 g/mol. The molecule has 0 spiro atoms. The van der Waals surface area contributed by atoms with Crippen LogP contribution in [-0.2, 0) is 0 Å². The van der Waals surface area contributed by atoms with Crippen molar-refractivity contribution in [3.8, 4) is 5.69 Å². The molecule has 0 aliphatic carbocycles. The molecule has 5 aromatic rings. The SMILES string of the molecule is CC[C@@H](Nc1ncnc2[nH]cnc12)c1nc2ccc(F)c(Cl)c2c(=O)n1-c1ccccc1. The van der Waals surface area contributed by atoms with Gasteiger partial charge < -0.3 is 10.3 Å². The van der Waals surface area contributed by atoms with Crippen LogP contribution in [0.15, 0.2) is 59.9 Å². The summed E-state index contributed by atoms with van der Waals surface area (Å²) in [7, 11) is 0. The number of rotatable bonds is 5. The molecule has 3 aromatic heterocycles. The summed E-state index contributed by atoms with van der Waals surface area (Å²) in [5.41, 5.74) is 1.62. The number of hydrogen-bond donors (Lipinski definition) is 2. The number of H-pyrrole nitrogens is 1. The monoisotopic (exact) mass is 449 g/mol. The van der Waals surface area contributed by atoms with Gasteiger partial charge in [0, 0.05) is 0 Å². The van der Waals surface area contributed by atoms with E-state index in [-0.39, 0.29) is 10.4 Å². The first-order valence-electron chi connectivity index (χ1n) is 9.95. The highest BCUT2D eigenvalue weighted by atomic mass is 35.5. The average molecular weight is 450 g/mol. The molecule has 2 aromatic carbocycles. The molecule has 0 fully saturated rings. The Balaban J connectivity index is 1.75. The quantitative estimate of drug-likeness (QED) is 0.412. The lowest BCUT2D eigenvalue weighted by Crippen LogP contribution is -2.28. The molecule has 0 bridgehead atoms. The van der Waals surface area contributed by atoms with Gasteiger partial charge in [-0.3, -0.25) is 9.36 Å². The maximum atomic E-state index is 14.1. The average Bonchev–Trinajstić information content (AvgIpc) is 3.30. The molecule has 8 nitrogen and oxygen atoms in total. The Hall–Kier alpha value is -3.85. The van der Waals surface area contributed by atoms with E-state index >= 15 is 0 Å². The first-order chi connectivity index (χ1) is 15.6. The first kappa shape index (κ1) is 20.1. The van der Waals surface area contributed by atoms with Crippen LogP contribution in [-0.4, -0.2) is 29.5 Å². The van der Waals surface area contributed by atoms with Crippen LogP contribution in [0.5, 0.6) is 0 Å². The van der Waals surface area contributed by atoms with Crippen molar-refractivity contribution in [1.29, 1.82) is 0 Å². The van der Waals surface area contributed by atoms with E-state index in [2.05, 4.69) is 25.3 Å². The number of aromatic amines is 1. The van der Waals surface area contributed by atoms with Crippen molar-refractivity contribution in [3.05, 3.63) is 82.1 Å². The van der Waals surface area contributed by atoms with E-state index in [1.165, 1.54) is 29.4 Å². The summed E-state index contributed by atoms with van der Waals surface area (Å²) in [6.45, 7) is 1.96. The van der Waals surface area contributed by atoms with Gasteiger partial charge in [-0.05, 0) is 30.7 Å². The third-order valence-corrected chi connectivity index (χ3v) is 5.59. The third-order valence-electron chi connectivity index (χ3n) is 5.22. The van der Waals surface area contributed by atoms with Crippen LogP contribution < -0.4 is 10.9 Å². The Labute approximate surface area is 186 Å². The fourth-order valence-corrected chi connectivity index (χ4v) is 3.91. The van der Waals surface area contributed by atoms with Crippen molar-refractivity contribution in [2.75, 3.05) is 5.32 Å². The van der Waals surface area contributed by atoms with E-state index < -0.39 is 17.4 Å². The van der Waals surface area contributed by atoms with Gasteiger partial charge in [-0.1, -0.05) is 36.7 Å². The first-order valence-corrected chi connectivity index (χ1v) is 10.3. The normalized spacial score (nSPS) is 12.3. The maximum Gasteiger partial charge on any atom is 0.267 e. The minimum atomic E-state index is -0.669. The summed E-state index contributed by atoms with van der Waals surface area (Å²) in [4.78, 5) is 34.0. The number of halogens is 2. The number of fused-ring (bicyclic) bond motifs is 2. The zero-order chi connectivity index (χ0) is 22.2. The van der Waals surface area contributed by atoms with E-state index in [0.717, 1.165) is 0 Å². The predicted octanol–water partition coefficient (Wildman–Crippen LogP) is 4.41. The van der Waals surface area contributed by atoms with E-state index in [1.807, 2.05) is 25.1 Å². The van der Waals surface area contributed by atoms with E-state index in [9.17, 15) is 9.18 Å². The fourth-order valence-electron chi connectivity index (χ4n) is 3.67. The van der Waals surface area contributed by atoms with Gasteiger partial charge in [0.25, 0.3) is 5.56 Å². The van der Waals surface area contributed by atoms with Gasteiger partial charge in [0.15, 0.2) is 11.5 Å². The summed E-state index contributed by atoms with van der Waals surface area (Å²) >= 11 is 6.17. The van der Waals surface area contributed by atoms with E-state index in [0.29, 0.717) is 40.4 Å². The third kappa shape index (κ3) is 3.27. The van der Waals surface area contributed by atoms with Crippen molar-refractivity contribution < 1.29 is 4.39 Å². The minimum Gasteiger partial charge on any atom is -0.358 e. The van der Waals surface area contributed by atoms with Crippen LogP contribution in [0.3, 0.4) is 0 Å². The second-order valence-corrected chi connectivity index (χ2v) is 7.51. The molecular formula is C22H17ClFN7O. The maximum absolute atomic E-state index is 14.1. The Bertz CT molecular complexity index is 1500. The number of aromatic nitrogens is 6. The molecule has 2 N–H and O–H groups in total. The molecule has 0 saturated carbocycles. The summed E-state index contributed by atoms with van der Waals surface area (Å²) in [6.07, 6.45) is 3.54. The standard InChI is InChI=1S/C22H17ClFN7O/c1-2-14(29-20-18-19(26-10-25-18)27-11-28-20)21-30-15-9-8-13(24)17(23)16(15)22(32)31(21)12-6-4-3-5-7-12/h3-11,14H,2H2,1H3,(H2,25,26,27,28,29)/t14-/m1/s1. The zero-order valence-electron chi connectivity index (χ0n) is 16.9. The van der Waals surface area contributed by atoms with Gasteiger partial charge >= 0.3 is 0 Å². The second kappa shape index (κ2) is 8.01. The van der Waals surface area contributed by atoms with Gasteiger partial charge in [0.2, 0.25) is 0 Å². The molecule has 0 saturated heterocycles. The van der Waals surface area contributed by atoms with Gasteiger partial charge in [0.05, 0.1) is 34.0 Å². The second-order valence-electron chi connectivity index (χ2n) is 7.13. The van der Waals surface area contributed by atoms with Crippen molar-refractivity contribution in [3.63, 3.8) is 0 Å². The number of nitrogens with zero attached hydrogens (tertiary/aromatic N) is 5. The van der Waals surface area contributed by atoms with E-state index in [1.54, 1.807) is 12.1 Å². The van der Waals surface area contributed by atoms with Crippen LogP contribution in [0.25, 0.3) is 27.8 Å². The number of hydrogen-bond acceptors (Lipinski definition) is 6. The molecule has 0 amide bonds. The molecule has 32 heavy (non-hydrogen) atoms. The number of imidazole rings is 1. The smallest absolute Gasteiger partial charge is 0.267 e. The highest BCUT2D eigenvalue weighted by Crippen LogP contribution is 2.28. The summed E-state index contributed by atoms with van der Waals surface area (Å²) in [6, 6.07) is 11.3. The Morgan fingerprint density at radius 3 is 2.75 bits per heavy atom. The highest BCUT2D eigenvalue weighted by Gasteiger charge is 2.23. The zero-order valence-corrected chi connectivity index (χ0v) is 17.6. The van der Waals surface area contributed by atoms with Crippen molar-refractivity contribution in [2.24, 2.45) is 0 Å². The Morgan fingerprint density at radius 2 is 1.97 bits per heavy atom. The van der Waals surface area contributed by atoms with Crippen LogP contribution >= 0.6 is 11.6 Å². The molecule has 0 radical (unpaired) electrons. The molecule has 10 heteroatoms. The van der Waals surface area contributed by atoms with Gasteiger partial charge in [-0.2, -0.15) is 0 Å². The Kier molecular flexibility index (Phi) is 5.02. The van der Waals surface area contributed by atoms with Crippen LogP contribution in [0, 0.1) is 5.82 Å². The predicted molar refractivity (Wildman–Crippen MR) is 121 cm³/mol. The topological polar surface area (TPSA) is 101 Å². The minimum absolute atomic E-state index is 0.0332. The summed E-state index contributed by atoms with van der Waals surface area (Å²) in [5.74, 6) is 0.285. The van der Waals surface area contributed by atoms with Gasteiger partial charge in [-0.15, -0.1) is 0 Å². The van der Waals surface area contributed by atoms with Crippen LogP contribution in [0.1, 0.15) is 25.2 Å². The molecule has 0 aliphatic heterocycles. The van der Waals surface area contributed by atoms with Crippen molar-refractivity contribution in [2.45, 2.75) is 19.4 Å². The number of nitrogens with one attached hydrogen (secondary N) is 2. The highest BCUT2D eigenvalue weighted by molar-refractivity contribution is 6.35. The van der Waals surface area contributed by atoms with Crippen molar-refractivity contribution in [1.82, 2.24) is 29.5 Å². The molecule has 0 aliphatic rings. The largest absolute Gasteiger partial charge is 0.358 e. The molecule has 5 rings (SSSR count).